The summed E-state index contributed by atoms with van der Waals surface area (Å²) >= 11 is 0. The third-order valence-corrected chi connectivity index (χ3v) is 5.29. The summed E-state index contributed by atoms with van der Waals surface area (Å²) in [6.45, 7) is 6.24. The predicted molar refractivity (Wildman–Crippen MR) is 96.5 cm³/mol. The maximum atomic E-state index is 12.4. The molecule has 2 aliphatic rings. The fraction of sp³-hybridized carbons (Fsp3) is 0.722. The molecule has 1 atom stereocenters. The molecule has 3 amide bonds. The van der Waals surface area contributed by atoms with Crippen LogP contribution in [0.4, 0.5) is 4.79 Å². The zero-order valence-corrected chi connectivity index (χ0v) is 15.5. The van der Waals surface area contributed by atoms with E-state index in [9.17, 15) is 9.59 Å². The molecule has 0 spiro atoms. The topological polar surface area (TPSA) is 79.7 Å². The smallest absolute Gasteiger partial charge is 0.317 e. The highest BCUT2D eigenvalue weighted by molar-refractivity contribution is 5.74. The summed E-state index contributed by atoms with van der Waals surface area (Å²) in [5.41, 5.74) is 0. The van der Waals surface area contributed by atoms with Gasteiger partial charge in [0.25, 0.3) is 0 Å². The van der Waals surface area contributed by atoms with E-state index >= 15 is 0 Å². The maximum absolute atomic E-state index is 12.4. The minimum atomic E-state index is -0.122. The number of aryl methyl sites for hydroxylation is 1. The van der Waals surface area contributed by atoms with E-state index in [4.69, 9.17) is 4.74 Å². The van der Waals surface area contributed by atoms with Gasteiger partial charge in [-0.1, -0.05) is 0 Å². The van der Waals surface area contributed by atoms with Gasteiger partial charge in [0, 0.05) is 58.6 Å². The van der Waals surface area contributed by atoms with E-state index in [0.717, 1.165) is 38.9 Å². The lowest BCUT2D eigenvalue weighted by molar-refractivity contribution is -0.136. The fourth-order valence-electron chi connectivity index (χ4n) is 3.61. The van der Waals surface area contributed by atoms with Crippen LogP contribution in [0.15, 0.2) is 18.5 Å². The highest BCUT2D eigenvalue weighted by Crippen LogP contribution is 2.21. The van der Waals surface area contributed by atoms with E-state index in [2.05, 4.69) is 10.4 Å². The monoisotopic (exact) mass is 363 g/mol. The van der Waals surface area contributed by atoms with Crippen molar-refractivity contribution in [2.75, 3.05) is 39.3 Å². The Morgan fingerprint density at radius 3 is 2.73 bits per heavy atom. The molecule has 26 heavy (non-hydrogen) atoms. The van der Waals surface area contributed by atoms with Crippen LogP contribution in [0.5, 0.6) is 0 Å². The molecular formula is C18H29N5O3. The van der Waals surface area contributed by atoms with Gasteiger partial charge in [-0.25, -0.2) is 4.79 Å². The van der Waals surface area contributed by atoms with Crippen LogP contribution in [0.1, 0.15) is 26.2 Å². The molecule has 0 aliphatic carbocycles. The summed E-state index contributed by atoms with van der Waals surface area (Å²) in [5, 5.41) is 7.20. The van der Waals surface area contributed by atoms with Crippen molar-refractivity contribution in [3.63, 3.8) is 0 Å². The molecule has 1 aromatic rings. The average Bonchev–Trinajstić information content (AvgIpc) is 3.19. The van der Waals surface area contributed by atoms with Crippen LogP contribution in [0.25, 0.3) is 0 Å². The van der Waals surface area contributed by atoms with Crippen LogP contribution in [0, 0.1) is 5.92 Å². The number of aromatic nitrogens is 2. The minimum Gasteiger partial charge on any atom is -0.373 e. The fourth-order valence-corrected chi connectivity index (χ4v) is 3.61. The second-order valence-corrected chi connectivity index (χ2v) is 7.13. The molecule has 3 rings (SSSR count). The number of carbonyl (C=O) groups is 2. The molecule has 1 N–H and O–H groups in total. The minimum absolute atomic E-state index is 0.0286. The standard InChI is InChI=1S/C18H29N5O3/c1-15(24)22-11-12-26-17(14-22)13-19-18(25)21-8-3-16(4-9-21)5-10-23-7-2-6-20-23/h2,6-7,16-17H,3-5,8-14H2,1H3,(H,19,25)/t17-/m1/s1. The van der Waals surface area contributed by atoms with Crippen molar-refractivity contribution in [1.29, 1.82) is 0 Å². The van der Waals surface area contributed by atoms with Crippen LogP contribution in [-0.4, -0.2) is 77.0 Å². The Balaban J connectivity index is 1.34. The van der Waals surface area contributed by atoms with Crippen molar-refractivity contribution < 1.29 is 14.3 Å². The molecule has 0 unspecified atom stereocenters. The average molecular weight is 363 g/mol. The van der Waals surface area contributed by atoms with E-state index in [-0.39, 0.29) is 18.0 Å². The lowest BCUT2D eigenvalue weighted by Gasteiger charge is -2.34. The van der Waals surface area contributed by atoms with E-state index in [0.29, 0.717) is 32.2 Å². The molecule has 1 aromatic heterocycles. The summed E-state index contributed by atoms with van der Waals surface area (Å²) in [4.78, 5) is 27.5. The SMILES string of the molecule is CC(=O)N1CCO[C@H](CNC(=O)N2CCC(CCn3cccn3)CC2)C1. The number of nitrogens with one attached hydrogen (secondary N) is 1. The Hall–Kier alpha value is -2.09. The van der Waals surface area contributed by atoms with E-state index < -0.39 is 0 Å². The van der Waals surface area contributed by atoms with Gasteiger partial charge < -0.3 is 19.9 Å². The van der Waals surface area contributed by atoms with E-state index in [1.54, 1.807) is 18.0 Å². The first-order chi connectivity index (χ1) is 12.6. The molecule has 0 aromatic carbocycles. The molecule has 0 radical (unpaired) electrons. The summed E-state index contributed by atoms with van der Waals surface area (Å²) in [7, 11) is 0. The number of rotatable bonds is 5. The lowest BCUT2D eigenvalue weighted by atomic mass is 9.94. The molecule has 8 heteroatoms. The lowest BCUT2D eigenvalue weighted by Crippen LogP contribution is -2.51. The Labute approximate surface area is 154 Å². The molecule has 144 valence electrons. The van der Waals surface area contributed by atoms with Crippen LogP contribution in [0.3, 0.4) is 0 Å². The van der Waals surface area contributed by atoms with Gasteiger partial charge in [-0.3, -0.25) is 9.48 Å². The number of likely N-dealkylation sites (tertiary alicyclic amines) is 1. The van der Waals surface area contributed by atoms with Crippen molar-refractivity contribution in [3.8, 4) is 0 Å². The van der Waals surface area contributed by atoms with Crippen molar-refractivity contribution in [1.82, 2.24) is 24.9 Å². The van der Waals surface area contributed by atoms with Crippen LogP contribution < -0.4 is 5.32 Å². The van der Waals surface area contributed by atoms with Gasteiger partial charge in [0.15, 0.2) is 0 Å². The predicted octanol–water partition coefficient (Wildman–Crippen LogP) is 0.942. The van der Waals surface area contributed by atoms with Gasteiger partial charge >= 0.3 is 6.03 Å². The number of hydrogen-bond acceptors (Lipinski definition) is 4. The molecule has 2 saturated heterocycles. The Morgan fingerprint density at radius 1 is 1.23 bits per heavy atom. The zero-order chi connectivity index (χ0) is 18.4. The van der Waals surface area contributed by atoms with Gasteiger partial charge in [-0.15, -0.1) is 0 Å². The largest absolute Gasteiger partial charge is 0.373 e. The van der Waals surface area contributed by atoms with Crippen molar-refractivity contribution in [2.24, 2.45) is 5.92 Å². The Morgan fingerprint density at radius 2 is 2.04 bits per heavy atom. The second kappa shape index (κ2) is 9.02. The van der Waals surface area contributed by atoms with Gasteiger partial charge in [0.05, 0.1) is 12.7 Å². The molecule has 0 saturated carbocycles. The number of amides is 3. The highest BCUT2D eigenvalue weighted by atomic mass is 16.5. The number of nitrogens with zero attached hydrogens (tertiary/aromatic N) is 4. The number of ether oxygens (including phenoxy) is 1. The third kappa shape index (κ3) is 5.20. The first kappa shape index (κ1) is 18.7. The van der Waals surface area contributed by atoms with Crippen LogP contribution in [-0.2, 0) is 16.1 Å². The first-order valence-corrected chi connectivity index (χ1v) is 9.49. The maximum Gasteiger partial charge on any atom is 0.317 e. The van der Waals surface area contributed by atoms with E-state index in [1.807, 2.05) is 21.8 Å². The number of piperidine rings is 1. The quantitative estimate of drug-likeness (QED) is 0.844. The van der Waals surface area contributed by atoms with Crippen molar-refractivity contribution in [3.05, 3.63) is 18.5 Å². The van der Waals surface area contributed by atoms with Crippen LogP contribution >= 0.6 is 0 Å². The van der Waals surface area contributed by atoms with Gasteiger partial charge in [0.1, 0.15) is 0 Å². The molecule has 0 bridgehead atoms. The molecule has 3 heterocycles. The Kier molecular flexibility index (Phi) is 6.49. The van der Waals surface area contributed by atoms with Crippen molar-refractivity contribution >= 4 is 11.9 Å². The second-order valence-electron chi connectivity index (χ2n) is 7.13. The highest BCUT2D eigenvalue weighted by Gasteiger charge is 2.25. The summed E-state index contributed by atoms with van der Waals surface area (Å²) in [5.74, 6) is 0.705. The molecular weight excluding hydrogens is 334 g/mol. The number of hydrogen-bond donors (Lipinski definition) is 1. The van der Waals surface area contributed by atoms with Gasteiger partial charge in [-0.05, 0) is 31.2 Å². The van der Waals surface area contributed by atoms with Gasteiger partial charge in [-0.2, -0.15) is 5.10 Å². The summed E-state index contributed by atoms with van der Waals surface area (Å²) < 4.78 is 7.61. The zero-order valence-electron chi connectivity index (χ0n) is 15.5. The first-order valence-electron chi connectivity index (χ1n) is 9.49. The van der Waals surface area contributed by atoms with E-state index in [1.165, 1.54) is 0 Å². The molecule has 2 fully saturated rings. The third-order valence-electron chi connectivity index (χ3n) is 5.29. The molecule has 8 nitrogen and oxygen atoms in total. The molecule has 2 aliphatic heterocycles. The summed E-state index contributed by atoms with van der Waals surface area (Å²) in [6.07, 6.45) is 6.85. The Bertz CT molecular complexity index is 584. The number of morpholine rings is 1. The summed E-state index contributed by atoms with van der Waals surface area (Å²) in [6, 6.07) is 1.91. The van der Waals surface area contributed by atoms with Gasteiger partial charge in [0.2, 0.25) is 5.91 Å². The number of urea groups is 1. The van der Waals surface area contributed by atoms with Crippen molar-refractivity contribution in [2.45, 2.75) is 38.8 Å². The van der Waals surface area contributed by atoms with Crippen LogP contribution in [0.2, 0.25) is 0 Å². The number of carbonyl (C=O) groups excluding carboxylic acids is 2. The normalized spacial score (nSPS) is 21.7.